The Balaban J connectivity index is 2.13. The molecule has 0 unspecified atom stereocenters. The van der Waals surface area contributed by atoms with E-state index in [1.54, 1.807) is 0 Å². The number of amides is 1. The van der Waals surface area contributed by atoms with Gasteiger partial charge in [0.15, 0.2) is 9.84 Å². The van der Waals surface area contributed by atoms with Crippen molar-refractivity contribution in [3.05, 3.63) is 29.3 Å². The fourth-order valence-electron chi connectivity index (χ4n) is 1.92. The Morgan fingerprint density at radius 3 is 2.29 bits per heavy atom. The van der Waals surface area contributed by atoms with Gasteiger partial charge in [0.05, 0.1) is 4.90 Å². The first-order valence-corrected chi connectivity index (χ1v) is 8.32. The molecule has 0 aliphatic heterocycles. The average molecular weight is 332 g/mol. The molecule has 1 aliphatic rings. The summed E-state index contributed by atoms with van der Waals surface area (Å²) in [7, 11) is -3.81. The second-order valence-electron chi connectivity index (χ2n) is 4.86. The maximum Gasteiger partial charge on any atom is 0.323 e. The van der Waals surface area contributed by atoms with Crippen LogP contribution in [0.1, 0.15) is 12.8 Å². The van der Waals surface area contributed by atoms with Crippen molar-refractivity contribution in [3.8, 4) is 0 Å². The number of carboxylic acid groups (broad SMARTS) is 1. The lowest BCUT2D eigenvalue weighted by Gasteiger charge is -2.20. The standard InChI is InChI=1S/C13H14ClNO5S/c14-9-1-5-11(6-2-9)21(19,20)8-12(16)15(7-13(17)18)10-3-4-10/h1-2,5-6,10H,3-4,7-8H2,(H,17,18). The maximum absolute atomic E-state index is 12.1. The Labute approximate surface area is 127 Å². The van der Waals surface area contributed by atoms with E-state index in [2.05, 4.69) is 0 Å². The highest BCUT2D eigenvalue weighted by atomic mass is 35.5. The van der Waals surface area contributed by atoms with Crippen LogP contribution in [-0.4, -0.2) is 48.6 Å². The van der Waals surface area contributed by atoms with Gasteiger partial charge in [0.2, 0.25) is 5.91 Å². The minimum atomic E-state index is -3.81. The summed E-state index contributed by atoms with van der Waals surface area (Å²) in [6, 6.07) is 5.34. The maximum atomic E-state index is 12.1. The lowest BCUT2D eigenvalue weighted by atomic mass is 10.4. The normalized spacial score (nSPS) is 14.7. The number of nitrogens with zero attached hydrogens (tertiary/aromatic N) is 1. The molecule has 21 heavy (non-hydrogen) atoms. The molecule has 1 amide bonds. The molecule has 0 saturated heterocycles. The number of halogens is 1. The van der Waals surface area contributed by atoms with Crippen molar-refractivity contribution in [2.75, 3.05) is 12.3 Å². The van der Waals surface area contributed by atoms with Crippen LogP contribution in [0, 0.1) is 0 Å². The van der Waals surface area contributed by atoms with Gasteiger partial charge >= 0.3 is 5.97 Å². The van der Waals surface area contributed by atoms with Crippen molar-refractivity contribution in [2.24, 2.45) is 0 Å². The van der Waals surface area contributed by atoms with Gasteiger partial charge in [0, 0.05) is 11.1 Å². The summed E-state index contributed by atoms with van der Waals surface area (Å²) in [5.74, 6) is -2.58. The molecule has 1 N–H and O–H groups in total. The molecule has 0 atom stereocenters. The summed E-state index contributed by atoms with van der Waals surface area (Å²) < 4.78 is 24.3. The Morgan fingerprint density at radius 2 is 1.81 bits per heavy atom. The number of hydrogen-bond acceptors (Lipinski definition) is 4. The minimum absolute atomic E-state index is 0.00804. The molecule has 1 fully saturated rings. The van der Waals surface area contributed by atoms with Gasteiger partial charge in [0.25, 0.3) is 0 Å². The number of carbonyl (C=O) groups is 2. The number of hydrogen-bond donors (Lipinski definition) is 1. The molecule has 0 heterocycles. The molecule has 2 rings (SSSR count). The molecule has 1 aromatic carbocycles. The zero-order chi connectivity index (χ0) is 15.6. The van der Waals surface area contributed by atoms with Crippen molar-refractivity contribution in [3.63, 3.8) is 0 Å². The largest absolute Gasteiger partial charge is 0.480 e. The monoisotopic (exact) mass is 331 g/mol. The Kier molecular flexibility index (Phi) is 4.53. The van der Waals surface area contributed by atoms with Gasteiger partial charge in [-0.15, -0.1) is 0 Å². The second-order valence-corrected chi connectivity index (χ2v) is 7.29. The summed E-state index contributed by atoms with van der Waals surface area (Å²) >= 11 is 5.69. The van der Waals surface area contributed by atoms with Crippen molar-refractivity contribution >= 4 is 33.3 Å². The van der Waals surface area contributed by atoms with Crippen molar-refractivity contribution in [1.29, 1.82) is 0 Å². The van der Waals surface area contributed by atoms with Crippen LogP contribution >= 0.6 is 11.6 Å². The van der Waals surface area contributed by atoms with Gasteiger partial charge in [-0.2, -0.15) is 0 Å². The van der Waals surface area contributed by atoms with Crippen molar-refractivity contribution < 1.29 is 23.1 Å². The van der Waals surface area contributed by atoms with E-state index in [-0.39, 0.29) is 10.9 Å². The lowest BCUT2D eigenvalue weighted by Crippen LogP contribution is -2.40. The Morgan fingerprint density at radius 1 is 1.24 bits per heavy atom. The molecule has 1 aromatic rings. The molecule has 8 heteroatoms. The van der Waals surface area contributed by atoms with E-state index in [1.165, 1.54) is 24.3 Å². The summed E-state index contributed by atoms with van der Waals surface area (Å²) in [5, 5.41) is 9.19. The smallest absolute Gasteiger partial charge is 0.323 e. The molecule has 1 aliphatic carbocycles. The first-order chi connectivity index (χ1) is 9.79. The number of aliphatic carboxylic acids is 1. The van der Waals surface area contributed by atoms with E-state index in [9.17, 15) is 18.0 Å². The van der Waals surface area contributed by atoms with Crippen LogP contribution in [0.4, 0.5) is 0 Å². The van der Waals surface area contributed by atoms with Crippen LogP contribution in [0.25, 0.3) is 0 Å². The van der Waals surface area contributed by atoms with Crippen LogP contribution in [0.2, 0.25) is 5.02 Å². The molecule has 0 aromatic heterocycles. The fraction of sp³-hybridized carbons (Fsp3) is 0.385. The molecule has 0 radical (unpaired) electrons. The highest BCUT2D eigenvalue weighted by Crippen LogP contribution is 2.27. The van der Waals surface area contributed by atoms with Crippen LogP contribution in [-0.2, 0) is 19.4 Å². The molecular weight excluding hydrogens is 318 g/mol. The minimum Gasteiger partial charge on any atom is -0.480 e. The SMILES string of the molecule is O=C(O)CN(C(=O)CS(=O)(=O)c1ccc(Cl)cc1)C1CC1. The molecule has 1 saturated carbocycles. The third-order valence-corrected chi connectivity index (χ3v) is 4.97. The predicted molar refractivity (Wildman–Crippen MR) is 75.9 cm³/mol. The molecule has 0 bridgehead atoms. The first kappa shape index (κ1) is 15.8. The van der Waals surface area contributed by atoms with Gasteiger partial charge < -0.3 is 10.0 Å². The van der Waals surface area contributed by atoms with E-state index in [4.69, 9.17) is 16.7 Å². The molecule has 6 nitrogen and oxygen atoms in total. The van der Waals surface area contributed by atoms with Crippen LogP contribution in [0.5, 0.6) is 0 Å². The van der Waals surface area contributed by atoms with Crippen molar-refractivity contribution in [1.82, 2.24) is 4.90 Å². The Bertz CT molecular complexity index is 652. The van der Waals surface area contributed by atoms with E-state index in [0.29, 0.717) is 17.9 Å². The molecule has 0 spiro atoms. The van der Waals surface area contributed by atoms with Crippen LogP contribution < -0.4 is 0 Å². The first-order valence-electron chi connectivity index (χ1n) is 6.29. The fourth-order valence-corrected chi connectivity index (χ4v) is 3.26. The molecule has 114 valence electrons. The van der Waals surface area contributed by atoms with E-state index in [1.807, 2.05) is 0 Å². The van der Waals surface area contributed by atoms with E-state index < -0.39 is 34.0 Å². The van der Waals surface area contributed by atoms with E-state index >= 15 is 0 Å². The third kappa shape index (κ3) is 4.18. The number of carbonyl (C=O) groups excluding carboxylic acids is 1. The van der Waals surface area contributed by atoms with Crippen LogP contribution in [0.3, 0.4) is 0 Å². The number of sulfone groups is 1. The number of carboxylic acids is 1. The summed E-state index contributed by atoms with van der Waals surface area (Å²) in [4.78, 5) is 23.9. The van der Waals surface area contributed by atoms with Crippen molar-refractivity contribution in [2.45, 2.75) is 23.8 Å². The summed E-state index contributed by atoms with van der Waals surface area (Å²) in [6.45, 7) is -0.473. The molecular formula is C13H14ClNO5S. The third-order valence-electron chi connectivity index (χ3n) is 3.10. The quantitative estimate of drug-likeness (QED) is 0.845. The van der Waals surface area contributed by atoms with Gasteiger partial charge in [-0.05, 0) is 37.1 Å². The number of rotatable bonds is 6. The Hall–Kier alpha value is -1.60. The summed E-state index contributed by atoms with van der Waals surface area (Å²) in [6.07, 6.45) is 1.42. The van der Waals surface area contributed by atoms with Gasteiger partial charge in [-0.3, -0.25) is 9.59 Å². The predicted octanol–water partition coefficient (Wildman–Crippen LogP) is 1.19. The lowest BCUT2D eigenvalue weighted by molar-refractivity contribution is -0.143. The number of benzene rings is 1. The topological polar surface area (TPSA) is 91.8 Å². The summed E-state index contributed by atoms with van der Waals surface area (Å²) in [5.41, 5.74) is 0. The van der Waals surface area contributed by atoms with Gasteiger partial charge in [0.1, 0.15) is 12.3 Å². The average Bonchev–Trinajstić information content (AvgIpc) is 3.19. The van der Waals surface area contributed by atoms with E-state index in [0.717, 1.165) is 4.90 Å². The zero-order valence-corrected chi connectivity index (χ0v) is 12.6. The second kappa shape index (κ2) is 6.03. The van der Waals surface area contributed by atoms with Gasteiger partial charge in [-0.25, -0.2) is 8.42 Å². The zero-order valence-electron chi connectivity index (χ0n) is 11.0. The highest BCUT2D eigenvalue weighted by molar-refractivity contribution is 7.92. The van der Waals surface area contributed by atoms with Crippen LogP contribution in [0.15, 0.2) is 29.2 Å². The highest BCUT2D eigenvalue weighted by Gasteiger charge is 2.35. The van der Waals surface area contributed by atoms with Gasteiger partial charge in [-0.1, -0.05) is 11.6 Å².